The Morgan fingerprint density at radius 2 is 2.03 bits per heavy atom. The van der Waals surface area contributed by atoms with Gasteiger partial charge in [-0.3, -0.25) is 4.79 Å². The van der Waals surface area contributed by atoms with E-state index >= 15 is 0 Å². The number of alkyl halides is 3. The quantitative estimate of drug-likeness (QED) is 0.768. The number of carbonyl (C=O) groups excluding carboxylic acids is 1. The molecular weight excluding hydrogens is 381 g/mol. The van der Waals surface area contributed by atoms with E-state index in [0.29, 0.717) is 24.0 Å². The fourth-order valence-electron chi connectivity index (χ4n) is 4.08. The monoisotopic (exact) mass is 402 g/mol. The van der Waals surface area contributed by atoms with E-state index in [1.165, 1.54) is 17.7 Å². The number of hydrogen-bond donors (Lipinski definition) is 1. The standard InChI is InChI=1S/C23H21F3O3/c24-23(25,26)17-5-7-20-16(8-9-29-22(20)12-17)11-19(28)10-15-3-1-2-14-4-6-18(27)13-21(14)15/h1-3,5,7,11-12,18,27H,4,6,8-10,13H2/b16-11+/t18-/m1/s1. The van der Waals surface area contributed by atoms with Gasteiger partial charge in [0.1, 0.15) is 5.75 Å². The molecule has 29 heavy (non-hydrogen) atoms. The van der Waals surface area contributed by atoms with Crippen molar-refractivity contribution in [2.75, 3.05) is 6.61 Å². The summed E-state index contributed by atoms with van der Waals surface area (Å²) in [6, 6.07) is 9.23. The number of hydrogen-bond acceptors (Lipinski definition) is 3. The van der Waals surface area contributed by atoms with Crippen LogP contribution < -0.4 is 4.74 Å². The molecule has 2 aliphatic rings. The highest BCUT2D eigenvalue weighted by Crippen LogP contribution is 2.38. The molecule has 0 saturated heterocycles. The van der Waals surface area contributed by atoms with Crippen LogP contribution in [0, 0.1) is 0 Å². The molecule has 1 N–H and O–H groups in total. The van der Waals surface area contributed by atoms with Gasteiger partial charge in [0.25, 0.3) is 0 Å². The van der Waals surface area contributed by atoms with Crippen LogP contribution in [-0.2, 0) is 30.2 Å². The molecule has 0 radical (unpaired) electrons. The lowest BCUT2D eigenvalue weighted by Crippen LogP contribution is -2.20. The molecule has 0 bridgehead atoms. The molecule has 2 aromatic rings. The van der Waals surface area contributed by atoms with Gasteiger partial charge in [-0.15, -0.1) is 0 Å². The van der Waals surface area contributed by atoms with Gasteiger partial charge >= 0.3 is 6.18 Å². The number of carbonyl (C=O) groups is 1. The lowest BCUT2D eigenvalue weighted by molar-refractivity contribution is -0.137. The average molecular weight is 402 g/mol. The Morgan fingerprint density at radius 3 is 2.83 bits per heavy atom. The van der Waals surface area contributed by atoms with E-state index in [1.54, 1.807) is 0 Å². The second-order valence-electron chi connectivity index (χ2n) is 7.57. The number of ether oxygens (including phenoxy) is 1. The third kappa shape index (κ3) is 4.22. The van der Waals surface area contributed by atoms with Crippen LogP contribution in [-0.4, -0.2) is 23.6 Å². The van der Waals surface area contributed by atoms with Gasteiger partial charge < -0.3 is 9.84 Å². The van der Waals surface area contributed by atoms with Crippen LogP contribution in [0.1, 0.15) is 40.7 Å². The first kappa shape index (κ1) is 19.7. The van der Waals surface area contributed by atoms with Crippen LogP contribution in [0.3, 0.4) is 0 Å². The second kappa shape index (κ2) is 7.67. The number of aliphatic hydroxyl groups is 1. The van der Waals surface area contributed by atoms with E-state index in [0.717, 1.165) is 36.1 Å². The molecule has 0 saturated carbocycles. The van der Waals surface area contributed by atoms with E-state index in [4.69, 9.17) is 4.74 Å². The SMILES string of the molecule is O=C(/C=C1\CCOc2cc(C(F)(F)F)ccc21)Cc1cccc2c1C[C@H](O)CC2. The number of aliphatic hydroxyl groups excluding tert-OH is 1. The summed E-state index contributed by atoms with van der Waals surface area (Å²) in [6.45, 7) is 0.236. The van der Waals surface area contributed by atoms with Gasteiger partial charge in [-0.25, -0.2) is 0 Å². The van der Waals surface area contributed by atoms with Crippen molar-refractivity contribution in [3.05, 3.63) is 70.3 Å². The van der Waals surface area contributed by atoms with Crippen molar-refractivity contribution in [3.63, 3.8) is 0 Å². The molecule has 1 atom stereocenters. The molecule has 0 fully saturated rings. The van der Waals surface area contributed by atoms with Crippen molar-refractivity contribution in [1.29, 1.82) is 0 Å². The number of allylic oxidation sites excluding steroid dienone is 1. The zero-order valence-electron chi connectivity index (χ0n) is 15.8. The predicted octanol–water partition coefficient (Wildman–Crippen LogP) is 4.53. The Balaban J connectivity index is 1.58. The van der Waals surface area contributed by atoms with Gasteiger partial charge in [0.15, 0.2) is 5.78 Å². The third-order valence-electron chi connectivity index (χ3n) is 5.54. The molecule has 152 valence electrons. The summed E-state index contributed by atoms with van der Waals surface area (Å²) >= 11 is 0. The molecule has 1 heterocycles. The van der Waals surface area contributed by atoms with Crippen LogP contribution in [0.25, 0.3) is 5.57 Å². The molecule has 6 heteroatoms. The average Bonchev–Trinajstić information content (AvgIpc) is 2.67. The van der Waals surface area contributed by atoms with Crippen LogP contribution in [0.5, 0.6) is 5.75 Å². The zero-order chi connectivity index (χ0) is 20.6. The lowest BCUT2D eigenvalue weighted by atomic mass is 9.85. The van der Waals surface area contributed by atoms with Crippen molar-refractivity contribution >= 4 is 11.4 Å². The highest BCUT2D eigenvalue weighted by atomic mass is 19.4. The Bertz CT molecular complexity index is 976. The molecule has 3 nitrogen and oxygen atoms in total. The van der Waals surface area contributed by atoms with Gasteiger partial charge in [-0.1, -0.05) is 24.3 Å². The summed E-state index contributed by atoms with van der Waals surface area (Å²) in [6.07, 6.45) is -0.558. The van der Waals surface area contributed by atoms with Gasteiger partial charge in [0.05, 0.1) is 18.3 Å². The van der Waals surface area contributed by atoms with Gasteiger partial charge in [0, 0.05) is 18.4 Å². The Hall–Kier alpha value is -2.60. The van der Waals surface area contributed by atoms with Crippen LogP contribution >= 0.6 is 0 Å². The van der Waals surface area contributed by atoms with Crippen LogP contribution in [0.4, 0.5) is 13.2 Å². The molecule has 1 aliphatic carbocycles. The Labute approximate surface area is 166 Å². The van der Waals surface area contributed by atoms with Crippen LogP contribution in [0.2, 0.25) is 0 Å². The summed E-state index contributed by atoms with van der Waals surface area (Å²) in [7, 11) is 0. The second-order valence-corrected chi connectivity index (χ2v) is 7.57. The summed E-state index contributed by atoms with van der Waals surface area (Å²) in [5, 5.41) is 9.97. The van der Waals surface area contributed by atoms with Gasteiger partial charge in [-0.05, 0) is 59.7 Å². The summed E-state index contributed by atoms with van der Waals surface area (Å²) in [5.74, 6) is 0.0477. The van der Waals surface area contributed by atoms with Crippen LogP contribution in [0.15, 0.2) is 42.5 Å². The smallest absolute Gasteiger partial charge is 0.416 e. The zero-order valence-corrected chi connectivity index (χ0v) is 15.8. The molecular formula is C23H21F3O3. The van der Waals surface area contributed by atoms with E-state index in [2.05, 4.69) is 0 Å². The minimum atomic E-state index is -4.44. The maximum atomic E-state index is 12.9. The first-order valence-corrected chi connectivity index (χ1v) is 9.67. The van der Waals surface area contributed by atoms with Crippen molar-refractivity contribution < 1.29 is 27.8 Å². The number of aryl methyl sites for hydroxylation is 1. The molecule has 0 unspecified atom stereocenters. The number of fused-ring (bicyclic) bond motifs is 2. The molecule has 1 aliphatic heterocycles. The van der Waals surface area contributed by atoms with Crippen molar-refractivity contribution in [2.45, 2.75) is 44.4 Å². The van der Waals surface area contributed by atoms with Gasteiger partial charge in [-0.2, -0.15) is 13.2 Å². The minimum Gasteiger partial charge on any atom is -0.493 e. The van der Waals surface area contributed by atoms with Crippen molar-refractivity contribution in [1.82, 2.24) is 0 Å². The molecule has 4 rings (SSSR count). The number of ketones is 1. The number of halogens is 3. The fourth-order valence-corrected chi connectivity index (χ4v) is 4.08. The first-order valence-electron chi connectivity index (χ1n) is 9.67. The summed E-state index contributed by atoms with van der Waals surface area (Å²) in [4.78, 5) is 12.7. The fraction of sp³-hybridized carbons (Fsp3) is 0.348. The normalized spacial score (nSPS) is 20.0. The molecule has 0 amide bonds. The number of rotatable bonds is 3. The predicted molar refractivity (Wildman–Crippen MR) is 103 cm³/mol. The maximum Gasteiger partial charge on any atom is 0.416 e. The van der Waals surface area contributed by atoms with E-state index < -0.39 is 11.7 Å². The first-order chi connectivity index (χ1) is 13.8. The maximum absolute atomic E-state index is 12.9. The lowest BCUT2D eigenvalue weighted by Gasteiger charge is -2.23. The van der Waals surface area contributed by atoms with E-state index in [-0.39, 0.29) is 30.7 Å². The largest absolute Gasteiger partial charge is 0.493 e. The van der Waals surface area contributed by atoms with E-state index in [9.17, 15) is 23.1 Å². The van der Waals surface area contributed by atoms with Crippen molar-refractivity contribution in [3.8, 4) is 5.75 Å². The summed E-state index contributed by atoms with van der Waals surface area (Å²) in [5.41, 5.74) is 3.57. The molecule has 2 aromatic carbocycles. The van der Waals surface area contributed by atoms with Gasteiger partial charge in [0.2, 0.25) is 0 Å². The molecule has 0 spiro atoms. The highest BCUT2D eigenvalue weighted by molar-refractivity contribution is 5.99. The van der Waals surface area contributed by atoms with Crippen molar-refractivity contribution in [2.24, 2.45) is 0 Å². The third-order valence-corrected chi connectivity index (χ3v) is 5.54. The highest BCUT2D eigenvalue weighted by Gasteiger charge is 2.32. The molecule has 0 aromatic heterocycles. The Kier molecular flexibility index (Phi) is 5.21. The summed E-state index contributed by atoms with van der Waals surface area (Å²) < 4.78 is 44.2. The Morgan fingerprint density at radius 1 is 1.21 bits per heavy atom. The van der Waals surface area contributed by atoms with E-state index in [1.807, 2.05) is 18.2 Å². The number of benzene rings is 2. The topological polar surface area (TPSA) is 46.5 Å². The minimum absolute atomic E-state index is 0.110.